The number of benzene rings is 3. The summed E-state index contributed by atoms with van der Waals surface area (Å²) in [6.07, 6.45) is 1.79. The standard InChI is InChI=1S/C26H18BrClN2O2S/c1-15-13-17(14-24-25(31)30(26(32)33-24)23-10-6-5-9-21(23)28)16(2)29(15)22-12-11-20(27)18-7-3-4-8-19(18)22/h3-14H,1-2H3/b24-14-. The van der Waals surface area contributed by atoms with Gasteiger partial charge in [0.1, 0.15) is 0 Å². The number of aryl methyl sites for hydroxylation is 1. The largest absolute Gasteiger partial charge is 0.317 e. The molecular weight excluding hydrogens is 520 g/mol. The monoisotopic (exact) mass is 536 g/mol. The summed E-state index contributed by atoms with van der Waals surface area (Å²) in [4.78, 5) is 27.3. The minimum Gasteiger partial charge on any atom is -0.317 e. The van der Waals surface area contributed by atoms with Crippen molar-refractivity contribution in [1.29, 1.82) is 0 Å². The molecular formula is C26H18BrClN2O2S. The Morgan fingerprint density at radius 2 is 1.61 bits per heavy atom. The van der Waals surface area contributed by atoms with Gasteiger partial charge in [0.05, 0.1) is 21.3 Å². The lowest BCUT2D eigenvalue weighted by molar-refractivity contribution is -0.113. The summed E-state index contributed by atoms with van der Waals surface area (Å²) in [5, 5.41) is 2.26. The zero-order valence-electron chi connectivity index (χ0n) is 17.8. The Balaban J connectivity index is 1.58. The maximum atomic E-state index is 13.1. The quantitative estimate of drug-likeness (QED) is 0.249. The molecule has 3 aromatic carbocycles. The molecule has 7 heteroatoms. The fourth-order valence-electron chi connectivity index (χ4n) is 4.20. The van der Waals surface area contributed by atoms with Crippen LogP contribution < -0.4 is 4.90 Å². The van der Waals surface area contributed by atoms with Crippen molar-refractivity contribution >= 4 is 73.0 Å². The van der Waals surface area contributed by atoms with Crippen LogP contribution in [0.25, 0.3) is 22.5 Å². The first-order valence-corrected chi connectivity index (χ1v) is 12.2. The highest BCUT2D eigenvalue weighted by Crippen LogP contribution is 2.39. The lowest BCUT2D eigenvalue weighted by Gasteiger charge is -2.14. The van der Waals surface area contributed by atoms with Crippen molar-refractivity contribution < 1.29 is 9.59 Å². The molecule has 1 aliphatic heterocycles. The summed E-state index contributed by atoms with van der Waals surface area (Å²) in [5.74, 6) is -0.364. The van der Waals surface area contributed by atoms with Gasteiger partial charge in [-0.25, -0.2) is 4.90 Å². The molecule has 0 aliphatic carbocycles. The van der Waals surface area contributed by atoms with Gasteiger partial charge in [-0.15, -0.1) is 0 Å². The van der Waals surface area contributed by atoms with Gasteiger partial charge in [0.2, 0.25) is 0 Å². The summed E-state index contributed by atoms with van der Waals surface area (Å²) in [6.45, 7) is 4.06. The zero-order valence-corrected chi connectivity index (χ0v) is 21.0. The van der Waals surface area contributed by atoms with Crippen LogP contribution in [-0.4, -0.2) is 15.7 Å². The van der Waals surface area contributed by atoms with Crippen molar-refractivity contribution in [2.24, 2.45) is 0 Å². The molecule has 1 aromatic heterocycles. The predicted molar refractivity (Wildman–Crippen MR) is 140 cm³/mol. The minimum atomic E-state index is -0.364. The van der Waals surface area contributed by atoms with E-state index < -0.39 is 0 Å². The molecule has 0 spiro atoms. The summed E-state index contributed by atoms with van der Waals surface area (Å²) in [7, 11) is 0. The highest BCUT2D eigenvalue weighted by molar-refractivity contribution is 9.10. The van der Waals surface area contributed by atoms with E-state index >= 15 is 0 Å². The van der Waals surface area contributed by atoms with Gasteiger partial charge in [0.25, 0.3) is 11.1 Å². The number of para-hydroxylation sites is 1. The number of thioether (sulfide) groups is 1. The molecule has 2 amide bonds. The topological polar surface area (TPSA) is 42.3 Å². The van der Waals surface area contributed by atoms with Gasteiger partial charge in [0.15, 0.2) is 0 Å². The molecule has 1 fully saturated rings. The second kappa shape index (κ2) is 8.52. The Morgan fingerprint density at radius 1 is 0.909 bits per heavy atom. The molecule has 4 aromatic rings. The van der Waals surface area contributed by atoms with Crippen LogP contribution >= 0.6 is 39.3 Å². The number of hydrogen-bond acceptors (Lipinski definition) is 3. The first-order valence-electron chi connectivity index (χ1n) is 10.3. The summed E-state index contributed by atoms with van der Waals surface area (Å²) in [5.41, 5.74) is 4.38. The number of halogens is 2. The number of nitrogens with zero attached hydrogens (tertiary/aromatic N) is 2. The van der Waals surface area contributed by atoms with Crippen molar-refractivity contribution in [2.45, 2.75) is 13.8 Å². The van der Waals surface area contributed by atoms with E-state index in [1.54, 1.807) is 30.3 Å². The average molecular weight is 538 g/mol. The van der Waals surface area contributed by atoms with Crippen LogP contribution in [-0.2, 0) is 4.79 Å². The summed E-state index contributed by atoms with van der Waals surface area (Å²) in [6, 6.07) is 21.3. The second-order valence-corrected chi connectivity index (χ2v) is 10.00. The average Bonchev–Trinajstić information content (AvgIpc) is 3.23. The third-order valence-electron chi connectivity index (χ3n) is 5.73. The highest BCUT2D eigenvalue weighted by Gasteiger charge is 2.37. The summed E-state index contributed by atoms with van der Waals surface area (Å²) < 4.78 is 3.22. The Labute approximate surface area is 209 Å². The first kappa shape index (κ1) is 22.0. The Hall–Kier alpha value is -2.80. The van der Waals surface area contributed by atoms with Crippen molar-refractivity contribution in [1.82, 2.24) is 4.57 Å². The maximum Gasteiger partial charge on any atom is 0.298 e. The van der Waals surface area contributed by atoms with Crippen molar-refractivity contribution in [3.63, 3.8) is 0 Å². The van der Waals surface area contributed by atoms with Crippen LogP contribution in [0.5, 0.6) is 0 Å². The molecule has 0 unspecified atom stereocenters. The molecule has 1 saturated heterocycles. The van der Waals surface area contributed by atoms with E-state index in [1.807, 2.05) is 38.1 Å². The molecule has 4 nitrogen and oxygen atoms in total. The second-order valence-electron chi connectivity index (χ2n) is 7.74. The third-order valence-corrected chi connectivity index (χ3v) is 7.61. The molecule has 1 aliphatic rings. The number of carbonyl (C=O) groups excluding carboxylic acids is 2. The molecule has 0 radical (unpaired) electrons. The van der Waals surface area contributed by atoms with Gasteiger partial charge in [-0.2, -0.15) is 0 Å². The van der Waals surface area contributed by atoms with E-state index in [-0.39, 0.29) is 11.1 Å². The molecule has 0 atom stereocenters. The van der Waals surface area contributed by atoms with Gasteiger partial charge in [-0.1, -0.05) is 63.9 Å². The number of imide groups is 1. The number of aromatic nitrogens is 1. The fourth-order valence-corrected chi connectivity index (χ4v) is 5.72. The van der Waals surface area contributed by atoms with Crippen LogP contribution in [0.3, 0.4) is 0 Å². The normalized spacial score (nSPS) is 15.3. The highest BCUT2D eigenvalue weighted by atomic mass is 79.9. The van der Waals surface area contributed by atoms with Gasteiger partial charge in [-0.05, 0) is 73.0 Å². The van der Waals surface area contributed by atoms with Crippen LogP contribution in [0.15, 0.2) is 76.1 Å². The van der Waals surface area contributed by atoms with E-state index in [1.165, 1.54) is 0 Å². The van der Waals surface area contributed by atoms with Crippen LogP contribution in [0.2, 0.25) is 5.02 Å². The third kappa shape index (κ3) is 3.72. The molecule has 5 rings (SSSR count). The number of rotatable bonds is 3. The fraction of sp³-hybridized carbons (Fsp3) is 0.0769. The van der Waals surface area contributed by atoms with E-state index in [0.717, 1.165) is 54.5 Å². The number of amides is 2. The SMILES string of the molecule is Cc1cc(/C=C2\SC(=O)N(c3ccccc3Cl)C2=O)c(C)n1-c1ccc(Br)c2ccccc12. The molecule has 0 saturated carbocycles. The zero-order chi connectivity index (χ0) is 23.3. The number of fused-ring (bicyclic) bond motifs is 1. The molecule has 33 heavy (non-hydrogen) atoms. The van der Waals surface area contributed by atoms with E-state index in [9.17, 15) is 9.59 Å². The van der Waals surface area contributed by atoms with E-state index in [0.29, 0.717) is 15.6 Å². The van der Waals surface area contributed by atoms with Gasteiger partial charge < -0.3 is 4.57 Å². The Bertz CT molecular complexity index is 1490. The molecule has 0 bridgehead atoms. The smallest absolute Gasteiger partial charge is 0.298 e. The first-order chi connectivity index (χ1) is 15.9. The van der Waals surface area contributed by atoms with Gasteiger partial charge >= 0.3 is 0 Å². The molecule has 2 heterocycles. The van der Waals surface area contributed by atoms with Crippen molar-refractivity contribution in [2.75, 3.05) is 4.90 Å². The Morgan fingerprint density at radius 3 is 2.36 bits per heavy atom. The predicted octanol–water partition coefficient (Wildman–Crippen LogP) is 7.90. The minimum absolute atomic E-state index is 0.355. The van der Waals surface area contributed by atoms with Crippen LogP contribution in [0.1, 0.15) is 17.0 Å². The lowest BCUT2D eigenvalue weighted by Crippen LogP contribution is -2.27. The van der Waals surface area contributed by atoms with Crippen molar-refractivity contribution in [3.8, 4) is 5.69 Å². The number of hydrogen-bond donors (Lipinski definition) is 0. The maximum absolute atomic E-state index is 13.1. The van der Waals surface area contributed by atoms with Gasteiger partial charge in [0, 0.05) is 21.2 Å². The number of carbonyl (C=O) groups is 2. The van der Waals surface area contributed by atoms with E-state index in [2.05, 4.69) is 38.7 Å². The number of anilines is 1. The lowest BCUT2D eigenvalue weighted by atomic mass is 10.1. The van der Waals surface area contributed by atoms with Crippen LogP contribution in [0, 0.1) is 13.8 Å². The molecule has 164 valence electrons. The Kier molecular flexibility index (Phi) is 5.69. The van der Waals surface area contributed by atoms with E-state index in [4.69, 9.17) is 11.6 Å². The van der Waals surface area contributed by atoms with Crippen LogP contribution in [0.4, 0.5) is 10.5 Å². The van der Waals surface area contributed by atoms with Gasteiger partial charge in [-0.3, -0.25) is 9.59 Å². The summed E-state index contributed by atoms with van der Waals surface area (Å²) >= 11 is 10.8. The van der Waals surface area contributed by atoms with Crippen molar-refractivity contribution in [3.05, 3.63) is 98.1 Å². The molecule has 0 N–H and O–H groups in total.